The molecule has 0 aromatic carbocycles. The van der Waals surface area contributed by atoms with E-state index >= 15 is 0 Å². The van der Waals surface area contributed by atoms with E-state index in [0.717, 1.165) is 12.8 Å². The summed E-state index contributed by atoms with van der Waals surface area (Å²) in [6.07, 6.45) is 18.6. The molecular weight excluding hydrogens is 302 g/mol. The van der Waals surface area contributed by atoms with E-state index in [1.54, 1.807) is 6.08 Å². The minimum atomic E-state index is -0.753. The van der Waals surface area contributed by atoms with E-state index in [2.05, 4.69) is 6.92 Å². The Morgan fingerprint density at radius 1 is 1.00 bits per heavy atom. The van der Waals surface area contributed by atoms with Crippen molar-refractivity contribution in [2.24, 2.45) is 5.73 Å². The van der Waals surface area contributed by atoms with E-state index in [-0.39, 0.29) is 12.6 Å². The molecule has 4 heteroatoms. The van der Waals surface area contributed by atoms with Gasteiger partial charge in [-0.25, -0.2) is 0 Å². The Bertz CT molecular complexity index is 318. The highest BCUT2D eigenvalue weighted by Gasteiger charge is 2.12. The van der Waals surface area contributed by atoms with Gasteiger partial charge in [0.15, 0.2) is 0 Å². The maximum atomic E-state index is 10.7. The van der Waals surface area contributed by atoms with Gasteiger partial charge in [-0.1, -0.05) is 83.3 Å². The maximum Gasteiger partial charge on any atom is 0.302 e. The van der Waals surface area contributed by atoms with Crippen molar-refractivity contribution in [2.45, 2.75) is 103 Å². The van der Waals surface area contributed by atoms with Gasteiger partial charge in [-0.15, -0.1) is 0 Å². The summed E-state index contributed by atoms with van der Waals surface area (Å²) in [5.74, 6) is -0.373. The van der Waals surface area contributed by atoms with Crippen molar-refractivity contribution >= 4 is 5.97 Å². The first-order chi connectivity index (χ1) is 11.6. The molecule has 0 saturated heterocycles. The predicted octanol–water partition coefficient (Wildman–Crippen LogP) is 4.50. The molecule has 0 aliphatic rings. The summed E-state index contributed by atoms with van der Waals surface area (Å²) in [5.41, 5.74) is 5.73. The zero-order valence-electron chi connectivity index (χ0n) is 15.8. The van der Waals surface area contributed by atoms with Gasteiger partial charge in [-0.3, -0.25) is 4.79 Å². The van der Waals surface area contributed by atoms with Crippen LogP contribution in [0.3, 0.4) is 0 Å². The second kappa shape index (κ2) is 17.0. The highest BCUT2D eigenvalue weighted by Crippen LogP contribution is 2.12. The van der Waals surface area contributed by atoms with Gasteiger partial charge in [0.05, 0.1) is 12.1 Å². The standard InChI is InChI=1S/C20H39NO3/c1-3-4-5-6-7-8-9-10-11-12-13-14-15-16-20(23)19(21)17-24-18(2)22/h15-16,19-20,23H,3-14,17,21H2,1-2H3. The van der Waals surface area contributed by atoms with Gasteiger partial charge in [-0.2, -0.15) is 0 Å². The molecule has 142 valence electrons. The average molecular weight is 342 g/mol. The minimum absolute atomic E-state index is 0.0548. The van der Waals surface area contributed by atoms with Crippen molar-refractivity contribution in [3.63, 3.8) is 0 Å². The predicted molar refractivity (Wildman–Crippen MR) is 101 cm³/mol. The molecule has 0 aliphatic heterocycles. The summed E-state index contributed by atoms with van der Waals surface area (Å²) in [6, 6.07) is -0.553. The van der Waals surface area contributed by atoms with E-state index in [0.29, 0.717) is 0 Å². The van der Waals surface area contributed by atoms with Crippen LogP contribution in [0.2, 0.25) is 0 Å². The van der Waals surface area contributed by atoms with Gasteiger partial charge in [0.25, 0.3) is 0 Å². The molecular formula is C20H39NO3. The number of allylic oxidation sites excluding steroid dienone is 1. The molecule has 0 fully saturated rings. The van der Waals surface area contributed by atoms with Gasteiger partial charge < -0.3 is 15.6 Å². The van der Waals surface area contributed by atoms with Crippen LogP contribution in [0.25, 0.3) is 0 Å². The van der Waals surface area contributed by atoms with Gasteiger partial charge in [0.1, 0.15) is 6.61 Å². The first kappa shape index (κ1) is 23.1. The van der Waals surface area contributed by atoms with Crippen molar-refractivity contribution < 1.29 is 14.6 Å². The lowest BCUT2D eigenvalue weighted by molar-refractivity contribution is -0.141. The normalized spacial score (nSPS) is 14.0. The Morgan fingerprint density at radius 3 is 2.00 bits per heavy atom. The molecule has 24 heavy (non-hydrogen) atoms. The van der Waals surface area contributed by atoms with Crippen molar-refractivity contribution in [3.05, 3.63) is 12.2 Å². The summed E-state index contributed by atoms with van der Waals surface area (Å²) in [4.78, 5) is 10.7. The van der Waals surface area contributed by atoms with Gasteiger partial charge in [-0.05, 0) is 12.8 Å². The third kappa shape index (κ3) is 16.0. The van der Waals surface area contributed by atoms with Crippen LogP contribution in [-0.4, -0.2) is 29.8 Å². The second-order valence-corrected chi connectivity index (χ2v) is 6.71. The van der Waals surface area contributed by atoms with Gasteiger partial charge >= 0.3 is 5.97 Å². The molecule has 0 aromatic heterocycles. The van der Waals surface area contributed by atoms with Crippen molar-refractivity contribution in [1.82, 2.24) is 0 Å². The third-order valence-corrected chi connectivity index (χ3v) is 4.23. The number of esters is 1. The number of unbranched alkanes of at least 4 members (excludes halogenated alkanes) is 11. The smallest absolute Gasteiger partial charge is 0.302 e. The topological polar surface area (TPSA) is 72.6 Å². The van der Waals surface area contributed by atoms with Crippen LogP contribution in [0.15, 0.2) is 12.2 Å². The molecule has 0 radical (unpaired) electrons. The van der Waals surface area contributed by atoms with Crippen molar-refractivity contribution in [1.29, 1.82) is 0 Å². The molecule has 0 aromatic rings. The number of aliphatic hydroxyl groups excluding tert-OH is 1. The number of carbonyl (C=O) groups is 1. The number of hydrogen-bond acceptors (Lipinski definition) is 4. The fourth-order valence-corrected chi connectivity index (χ4v) is 2.62. The molecule has 0 bridgehead atoms. The summed E-state index contributed by atoms with van der Waals surface area (Å²) in [5, 5.41) is 9.80. The Hall–Kier alpha value is -0.870. The Morgan fingerprint density at radius 2 is 1.50 bits per heavy atom. The second-order valence-electron chi connectivity index (χ2n) is 6.71. The maximum absolute atomic E-state index is 10.7. The number of rotatable bonds is 16. The first-order valence-electron chi connectivity index (χ1n) is 9.81. The largest absolute Gasteiger partial charge is 0.464 e. The monoisotopic (exact) mass is 341 g/mol. The highest BCUT2D eigenvalue weighted by molar-refractivity contribution is 5.65. The van der Waals surface area contributed by atoms with Crippen molar-refractivity contribution in [2.75, 3.05) is 6.61 Å². The van der Waals surface area contributed by atoms with Gasteiger partial charge in [0, 0.05) is 6.92 Å². The van der Waals surface area contributed by atoms with E-state index in [9.17, 15) is 9.90 Å². The Kier molecular flexibility index (Phi) is 16.4. The molecule has 0 aliphatic carbocycles. The fourth-order valence-electron chi connectivity index (χ4n) is 2.62. The third-order valence-electron chi connectivity index (χ3n) is 4.23. The summed E-state index contributed by atoms with van der Waals surface area (Å²) in [6.45, 7) is 3.65. The number of carbonyl (C=O) groups excluding carboxylic acids is 1. The van der Waals surface area contributed by atoms with Crippen LogP contribution in [0.1, 0.15) is 90.9 Å². The van der Waals surface area contributed by atoms with Crippen LogP contribution in [-0.2, 0) is 9.53 Å². The summed E-state index contributed by atoms with van der Waals surface area (Å²) >= 11 is 0. The highest BCUT2D eigenvalue weighted by atomic mass is 16.5. The van der Waals surface area contributed by atoms with E-state index < -0.39 is 12.1 Å². The lowest BCUT2D eigenvalue weighted by atomic mass is 10.0. The van der Waals surface area contributed by atoms with Crippen molar-refractivity contribution in [3.8, 4) is 0 Å². The number of aliphatic hydroxyl groups is 1. The lowest BCUT2D eigenvalue weighted by Gasteiger charge is -2.14. The lowest BCUT2D eigenvalue weighted by Crippen LogP contribution is -2.38. The molecule has 0 rings (SSSR count). The first-order valence-corrected chi connectivity index (χ1v) is 9.81. The van der Waals surface area contributed by atoms with Crippen LogP contribution >= 0.6 is 0 Å². The quantitative estimate of drug-likeness (QED) is 0.246. The molecule has 4 nitrogen and oxygen atoms in total. The van der Waals surface area contributed by atoms with Crippen LogP contribution in [0, 0.1) is 0 Å². The molecule has 0 heterocycles. The number of ether oxygens (including phenoxy) is 1. The Balaban J connectivity index is 3.38. The van der Waals surface area contributed by atoms with E-state index in [1.165, 1.54) is 71.1 Å². The van der Waals surface area contributed by atoms with E-state index in [1.807, 2.05) is 6.08 Å². The van der Waals surface area contributed by atoms with Gasteiger partial charge in [0.2, 0.25) is 0 Å². The number of nitrogens with two attached hydrogens (primary N) is 1. The van der Waals surface area contributed by atoms with E-state index in [4.69, 9.17) is 10.5 Å². The van der Waals surface area contributed by atoms with Crippen LogP contribution in [0.4, 0.5) is 0 Å². The summed E-state index contributed by atoms with van der Waals surface area (Å²) < 4.78 is 4.79. The zero-order chi connectivity index (χ0) is 18.0. The number of hydrogen-bond donors (Lipinski definition) is 2. The average Bonchev–Trinajstić information content (AvgIpc) is 2.56. The SMILES string of the molecule is CCCCCCCCCCCCCC=CC(O)C(N)COC(C)=O. The molecule has 0 saturated carbocycles. The molecule has 2 atom stereocenters. The fraction of sp³-hybridized carbons (Fsp3) is 0.850. The molecule has 0 spiro atoms. The summed E-state index contributed by atoms with van der Waals surface area (Å²) in [7, 11) is 0. The zero-order valence-corrected chi connectivity index (χ0v) is 15.8. The molecule has 3 N–H and O–H groups in total. The Labute approximate surface area is 148 Å². The van der Waals surface area contributed by atoms with Crippen LogP contribution < -0.4 is 5.73 Å². The molecule has 0 amide bonds. The molecule has 2 unspecified atom stereocenters. The van der Waals surface area contributed by atoms with Crippen LogP contribution in [0.5, 0.6) is 0 Å². The minimum Gasteiger partial charge on any atom is -0.464 e.